The summed E-state index contributed by atoms with van der Waals surface area (Å²) in [5.74, 6) is -0.194. The number of aromatic nitrogens is 1. The summed E-state index contributed by atoms with van der Waals surface area (Å²) >= 11 is 0. The van der Waals surface area contributed by atoms with Gasteiger partial charge in [0, 0.05) is 30.3 Å². The van der Waals surface area contributed by atoms with Crippen LogP contribution in [0.3, 0.4) is 0 Å². The molecule has 0 radical (unpaired) electrons. The zero-order valence-electron chi connectivity index (χ0n) is 10.6. The van der Waals surface area contributed by atoms with Crippen molar-refractivity contribution in [3.63, 3.8) is 0 Å². The lowest BCUT2D eigenvalue weighted by Crippen LogP contribution is -1.90. The van der Waals surface area contributed by atoms with E-state index in [0.29, 0.717) is 5.57 Å². The van der Waals surface area contributed by atoms with E-state index < -0.39 is 5.97 Å². The first-order chi connectivity index (χ1) is 8.54. The number of hydrogen-bond acceptors (Lipinski definition) is 2. The minimum Gasteiger partial charge on any atom is -0.496 e. The van der Waals surface area contributed by atoms with Crippen LogP contribution in [0.4, 0.5) is 0 Å². The molecule has 0 amide bonds. The Bertz CT molecular complexity index is 638. The van der Waals surface area contributed by atoms with Crippen molar-refractivity contribution >= 4 is 22.4 Å². The number of carboxylic acid groups (broad SMARTS) is 1. The Morgan fingerprint density at radius 1 is 1.44 bits per heavy atom. The van der Waals surface area contributed by atoms with Crippen molar-refractivity contribution in [2.24, 2.45) is 7.05 Å². The molecule has 94 valence electrons. The van der Waals surface area contributed by atoms with E-state index in [4.69, 9.17) is 9.84 Å². The number of benzene rings is 1. The molecule has 0 aliphatic heterocycles. The average Bonchev–Trinajstić information content (AvgIpc) is 2.66. The fraction of sp³-hybridized carbons (Fsp3) is 0.214. The lowest BCUT2D eigenvalue weighted by atomic mass is 10.1. The third-order valence-electron chi connectivity index (χ3n) is 2.96. The molecule has 0 fully saturated rings. The van der Waals surface area contributed by atoms with E-state index in [-0.39, 0.29) is 0 Å². The number of carbonyl (C=O) groups is 1. The molecule has 1 aromatic carbocycles. The van der Waals surface area contributed by atoms with E-state index in [1.807, 2.05) is 36.0 Å². The Labute approximate surface area is 105 Å². The first-order valence-corrected chi connectivity index (χ1v) is 5.58. The third-order valence-corrected chi connectivity index (χ3v) is 2.96. The molecule has 0 unspecified atom stereocenters. The number of allylic oxidation sites excluding steroid dienone is 1. The normalized spacial score (nSPS) is 11.8. The zero-order valence-corrected chi connectivity index (χ0v) is 10.6. The van der Waals surface area contributed by atoms with Crippen molar-refractivity contribution < 1.29 is 14.6 Å². The number of carboxylic acids is 1. The fourth-order valence-electron chi connectivity index (χ4n) is 2.14. The molecule has 4 heteroatoms. The highest BCUT2D eigenvalue weighted by Crippen LogP contribution is 2.33. The lowest BCUT2D eigenvalue weighted by Gasteiger charge is -2.04. The van der Waals surface area contributed by atoms with Gasteiger partial charge in [0.15, 0.2) is 0 Å². The van der Waals surface area contributed by atoms with Crippen LogP contribution >= 0.6 is 0 Å². The molecule has 0 aliphatic rings. The van der Waals surface area contributed by atoms with Crippen LogP contribution in [0.15, 0.2) is 30.5 Å². The summed E-state index contributed by atoms with van der Waals surface area (Å²) in [5.41, 5.74) is 2.60. The van der Waals surface area contributed by atoms with Gasteiger partial charge in [0.25, 0.3) is 0 Å². The SMILES string of the molecule is COc1cccc2c1c(/C(C)=C/C(=O)O)cn2C. The number of rotatable bonds is 3. The summed E-state index contributed by atoms with van der Waals surface area (Å²) in [7, 11) is 3.54. The maximum Gasteiger partial charge on any atom is 0.328 e. The van der Waals surface area contributed by atoms with E-state index in [0.717, 1.165) is 22.2 Å². The monoisotopic (exact) mass is 245 g/mol. The summed E-state index contributed by atoms with van der Waals surface area (Å²) < 4.78 is 7.31. The minimum atomic E-state index is -0.945. The van der Waals surface area contributed by atoms with E-state index >= 15 is 0 Å². The van der Waals surface area contributed by atoms with Crippen molar-refractivity contribution in [2.75, 3.05) is 7.11 Å². The standard InChI is InChI=1S/C14H15NO3/c1-9(7-13(16)17)10-8-15(2)11-5-4-6-12(18-3)14(10)11/h4-8H,1-3H3,(H,16,17)/b9-7+. The van der Waals surface area contributed by atoms with Gasteiger partial charge in [0.1, 0.15) is 5.75 Å². The van der Waals surface area contributed by atoms with Crippen LogP contribution in [0.5, 0.6) is 5.75 Å². The van der Waals surface area contributed by atoms with Crippen LogP contribution < -0.4 is 4.74 Å². The molecular formula is C14H15NO3. The summed E-state index contributed by atoms with van der Waals surface area (Å²) in [4.78, 5) is 10.8. The maximum atomic E-state index is 10.8. The van der Waals surface area contributed by atoms with Crippen LogP contribution in [0.25, 0.3) is 16.5 Å². The molecule has 0 bridgehead atoms. The second-order valence-corrected chi connectivity index (χ2v) is 4.17. The Balaban J connectivity index is 2.75. The van der Waals surface area contributed by atoms with E-state index in [1.165, 1.54) is 6.08 Å². The fourth-order valence-corrected chi connectivity index (χ4v) is 2.14. The summed E-state index contributed by atoms with van der Waals surface area (Å²) in [6.45, 7) is 1.79. The predicted molar refractivity (Wildman–Crippen MR) is 70.8 cm³/mol. The van der Waals surface area contributed by atoms with Crippen LogP contribution in [0, 0.1) is 0 Å². The number of ether oxygens (including phenoxy) is 1. The Kier molecular flexibility index (Phi) is 3.10. The van der Waals surface area contributed by atoms with Gasteiger partial charge in [0.05, 0.1) is 12.6 Å². The van der Waals surface area contributed by atoms with Crippen molar-refractivity contribution in [1.82, 2.24) is 4.57 Å². The first-order valence-electron chi connectivity index (χ1n) is 5.58. The van der Waals surface area contributed by atoms with Gasteiger partial charge < -0.3 is 14.4 Å². The Morgan fingerprint density at radius 3 is 2.78 bits per heavy atom. The zero-order chi connectivity index (χ0) is 13.3. The molecular weight excluding hydrogens is 230 g/mol. The third kappa shape index (κ3) is 1.97. The van der Waals surface area contributed by atoms with E-state index in [2.05, 4.69) is 0 Å². The lowest BCUT2D eigenvalue weighted by molar-refractivity contribution is -0.131. The number of fused-ring (bicyclic) bond motifs is 1. The molecule has 18 heavy (non-hydrogen) atoms. The molecule has 0 saturated carbocycles. The van der Waals surface area contributed by atoms with Crippen molar-refractivity contribution in [3.05, 3.63) is 36.0 Å². The largest absolute Gasteiger partial charge is 0.496 e. The number of hydrogen-bond donors (Lipinski definition) is 1. The first kappa shape index (κ1) is 12.2. The number of methoxy groups -OCH3 is 1. The molecule has 1 N–H and O–H groups in total. The molecule has 0 aliphatic carbocycles. The summed E-state index contributed by atoms with van der Waals surface area (Å²) in [5, 5.41) is 9.78. The van der Waals surface area contributed by atoms with E-state index in [1.54, 1.807) is 14.0 Å². The number of aryl methyl sites for hydroxylation is 1. The quantitative estimate of drug-likeness (QED) is 0.846. The van der Waals surface area contributed by atoms with Gasteiger partial charge in [-0.25, -0.2) is 4.79 Å². The second kappa shape index (κ2) is 4.56. The van der Waals surface area contributed by atoms with Gasteiger partial charge in [-0.1, -0.05) is 6.07 Å². The van der Waals surface area contributed by atoms with Gasteiger partial charge in [-0.2, -0.15) is 0 Å². The molecule has 0 saturated heterocycles. The van der Waals surface area contributed by atoms with Crippen LogP contribution in [0.2, 0.25) is 0 Å². The van der Waals surface area contributed by atoms with Crippen molar-refractivity contribution in [1.29, 1.82) is 0 Å². The second-order valence-electron chi connectivity index (χ2n) is 4.17. The summed E-state index contributed by atoms with van der Waals surface area (Å²) in [6.07, 6.45) is 3.13. The summed E-state index contributed by atoms with van der Waals surface area (Å²) in [6, 6.07) is 5.77. The number of nitrogens with zero attached hydrogens (tertiary/aromatic N) is 1. The Hall–Kier alpha value is -2.23. The van der Waals surface area contributed by atoms with Gasteiger partial charge >= 0.3 is 5.97 Å². The van der Waals surface area contributed by atoms with Gasteiger partial charge in [-0.3, -0.25) is 0 Å². The van der Waals surface area contributed by atoms with Crippen molar-refractivity contribution in [2.45, 2.75) is 6.92 Å². The van der Waals surface area contributed by atoms with Gasteiger partial charge in [-0.15, -0.1) is 0 Å². The number of aliphatic carboxylic acids is 1. The molecule has 2 aromatic rings. The molecule has 1 aromatic heterocycles. The highest BCUT2D eigenvalue weighted by Gasteiger charge is 2.13. The minimum absolute atomic E-state index is 0.706. The highest BCUT2D eigenvalue weighted by atomic mass is 16.5. The Morgan fingerprint density at radius 2 is 2.17 bits per heavy atom. The predicted octanol–water partition coefficient (Wildman–Crippen LogP) is 2.67. The maximum absolute atomic E-state index is 10.8. The molecule has 0 spiro atoms. The molecule has 1 heterocycles. The topological polar surface area (TPSA) is 51.5 Å². The van der Waals surface area contributed by atoms with Gasteiger partial charge in [-0.05, 0) is 24.6 Å². The molecule has 4 nitrogen and oxygen atoms in total. The van der Waals surface area contributed by atoms with Gasteiger partial charge in [0.2, 0.25) is 0 Å². The smallest absolute Gasteiger partial charge is 0.328 e. The highest BCUT2D eigenvalue weighted by molar-refractivity contribution is 6.00. The van der Waals surface area contributed by atoms with Crippen molar-refractivity contribution in [3.8, 4) is 5.75 Å². The molecule has 0 atom stereocenters. The molecule has 2 rings (SSSR count). The van der Waals surface area contributed by atoms with E-state index in [9.17, 15) is 4.79 Å². The van der Waals surface area contributed by atoms with Crippen LogP contribution in [-0.2, 0) is 11.8 Å². The van der Waals surface area contributed by atoms with Crippen LogP contribution in [0.1, 0.15) is 12.5 Å². The van der Waals surface area contributed by atoms with Crippen LogP contribution in [-0.4, -0.2) is 22.8 Å². The average molecular weight is 245 g/mol.